The minimum absolute atomic E-state index is 0.219. The van der Waals surface area contributed by atoms with Crippen molar-refractivity contribution in [2.75, 3.05) is 6.54 Å². The fourth-order valence-electron chi connectivity index (χ4n) is 2.43. The molecule has 1 amide bonds. The van der Waals surface area contributed by atoms with E-state index in [4.69, 9.17) is 0 Å². The van der Waals surface area contributed by atoms with Gasteiger partial charge in [0.05, 0.1) is 0 Å². The molecule has 0 aliphatic heterocycles. The fraction of sp³-hybridized carbons (Fsp3) is 0.267. The average molecular weight is 276 g/mol. The maximum Gasteiger partial charge on any atom is 0.267 e. The van der Waals surface area contributed by atoms with Crippen molar-refractivity contribution in [2.24, 2.45) is 0 Å². The van der Waals surface area contributed by atoms with E-state index in [0.29, 0.717) is 17.8 Å². The standard InChI is InChI=1S/C15H14F2N2O/c16-10-3-4-11(12(17)8-10)15(5-6-15)9-19-14(20)13-2-1-7-18-13/h1-4,7-8,18H,5-6,9H2,(H,19,20). The van der Waals surface area contributed by atoms with Crippen molar-refractivity contribution in [2.45, 2.75) is 18.3 Å². The Kier molecular flexibility index (Phi) is 3.04. The normalized spacial score (nSPS) is 15.9. The molecule has 0 radical (unpaired) electrons. The molecule has 2 N–H and O–H groups in total. The van der Waals surface area contributed by atoms with Crippen molar-refractivity contribution in [3.8, 4) is 0 Å². The SMILES string of the molecule is O=C(NCC1(c2ccc(F)cc2F)CC1)c1ccc[nH]1. The van der Waals surface area contributed by atoms with E-state index < -0.39 is 11.6 Å². The summed E-state index contributed by atoms with van der Waals surface area (Å²) in [6, 6.07) is 7.03. The smallest absolute Gasteiger partial charge is 0.267 e. The van der Waals surface area contributed by atoms with E-state index in [1.54, 1.807) is 18.3 Å². The van der Waals surface area contributed by atoms with E-state index in [1.807, 2.05) is 0 Å². The molecule has 5 heteroatoms. The van der Waals surface area contributed by atoms with Gasteiger partial charge in [0, 0.05) is 24.2 Å². The van der Waals surface area contributed by atoms with Crippen LogP contribution >= 0.6 is 0 Å². The van der Waals surface area contributed by atoms with Crippen LogP contribution in [0.2, 0.25) is 0 Å². The summed E-state index contributed by atoms with van der Waals surface area (Å²) in [5.41, 5.74) is 0.561. The van der Waals surface area contributed by atoms with Crippen LogP contribution in [0.5, 0.6) is 0 Å². The van der Waals surface area contributed by atoms with Crippen LogP contribution in [0.25, 0.3) is 0 Å². The molecule has 20 heavy (non-hydrogen) atoms. The van der Waals surface area contributed by atoms with E-state index >= 15 is 0 Å². The summed E-state index contributed by atoms with van der Waals surface area (Å²) in [7, 11) is 0. The summed E-state index contributed by atoms with van der Waals surface area (Å²) < 4.78 is 26.8. The highest BCUT2D eigenvalue weighted by atomic mass is 19.1. The van der Waals surface area contributed by atoms with Crippen molar-refractivity contribution in [1.82, 2.24) is 10.3 Å². The summed E-state index contributed by atoms with van der Waals surface area (Å²) in [6.07, 6.45) is 3.25. The van der Waals surface area contributed by atoms with Crippen LogP contribution < -0.4 is 5.32 Å². The fourth-order valence-corrected chi connectivity index (χ4v) is 2.43. The molecule has 0 spiro atoms. The second-order valence-corrected chi connectivity index (χ2v) is 5.17. The molecule has 1 aliphatic rings. The van der Waals surface area contributed by atoms with Gasteiger partial charge < -0.3 is 10.3 Å². The third-order valence-corrected chi connectivity index (χ3v) is 3.79. The lowest BCUT2D eigenvalue weighted by Crippen LogP contribution is -2.32. The first-order valence-corrected chi connectivity index (χ1v) is 6.48. The minimum Gasteiger partial charge on any atom is -0.357 e. The second-order valence-electron chi connectivity index (χ2n) is 5.17. The largest absolute Gasteiger partial charge is 0.357 e. The molecule has 1 fully saturated rings. The first-order valence-electron chi connectivity index (χ1n) is 6.48. The van der Waals surface area contributed by atoms with E-state index in [2.05, 4.69) is 10.3 Å². The van der Waals surface area contributed by atoms with Gasteiger partial charge >= 0.3 is 0 Å². The summed E-state index contributed by atoms with van der Waals surface area (Å²) in [4.78, 5) is 14.7. The van der Waals surface area contributed by atoms with Crippen LogP contribution in [0.1, 0.15) is 28.9 Å². The van der Waals surface area contributed by atoms with Gasteiger partial charge in [0.2, 0.25) is 0 Å². The highest BCUT2D eigenvalue weighted by Crippen LogP contribution is 2.48. The molecule has 0 unspecified atom stereocenters. The van der Waals surface area contributed by atoms with Gasteiger partial charge in [0.1, 0.15) is 17.3 Å². The molecule has 2 aromatic rings. The summed E-state index contributed by atoms with van der Waals surface area (Å²) >= 11 is 0. The predicted molar refractivity (Wildman–Crippen MR) is 70.4 cm³/mol. The molecule has 0 saturated heterocycles. The van der Waals surface area contributed by atoms with Crippen molar-refractivity contribution in [3.05, 3.63) is 59.4 Å². The lowest BCUT2D eigenvalue weighted by Gasteiger charge is -2.17. The number of carbonyl (C=O) groups excluding carboxylic acids is 1. The second kappa shape index (κ2) is 4.74. The Labute approximate surface area is 115 Å². The van der Waals surface area contributed by atoms with Crippen LogP contribution in [0.4, 0.5) is 8.78 Å². The zero-order valence-electron chi connectivity index (χ0n) is 10.7. The number of benzene rings is 1. The number of hydrogen-bond donors (Lipinski definition) is 2. The number of aromatic amines is 1. The Bertz CT molecular complexity index is 633. The van der Waals surface area contributed by atoms with Crippen LogP contribution in [0, 0.1) is 11.6 Å². The Hall–Kier alpha value is -2.17. The van der Waals surface area contributed by atoms with Crippen LogP contribution in [0.3, 0.4) is 0 Å². The molecule has 3 nitrogen and oxygen atoms in total. The number of nitrogens with one attached hydrogen (secondary N) is 2. The molecule has 1 saturated carbocycles. The number of amides is 1. The van der Waals surface area contributed by atoms with Crippen molar-refractivity contribution >= 4 is 5.91 Å². The van der Waals surface area contributed by atoms with E-state index in [1.165, 1.54) is 12.1 Å². The maximum absolute atomic E-state index is 13.8. The van der Waals surface area contributed by atoms with Crippen LogP contribution in [-0.2, 0) is 5.41 Å². The Balaban J connectivity index is 1.72. The van der Waals surface area contributed by atoms with Crippen molar-refractivity contribution in [3.63, 3.8) is 0 Å². The first kappa shape index (κ1) is 12.8. The molecular weight excluding hydrogens is 262 g/mol. The number of aromatic nitrogens is 1. The molecule has 0 bridgehead atoms. The number of halogens is 2. The average Bonchev–Trinajstić information content (AvgIpc) is 2.99. The van der Waals surface area contributed by atoms with Gasteiger partial charge in [-0.15, -0.1) is 0 Å². The maximum atomic E-state index is 13.8. The highest BCUT2D eigenvalue weighted by molar-refractivity contribution is 5.92. The lowest BCUT2D eigenvalue weighted by atomic mass is 9.95. The monoisotopic (exact) mass is 276 g/mol. The Morgan fingerprint density at radius 3 is 2.70 bits per heavy atom. The molecule has 3 rings (SSSR count). The molecule has 104 valence electrons. The van der Waals surface area contributed by atoms with Crippen LogP contribution in [-0.4, -0.2) is 17.4 Å². The molecular formula is C15H14F2N2O. The molecule has 0 atom stereocenters. The summed E-state index contributed by atoms with van der Waals surface area (Å²) in [5, 5.41) is 2.80. The number of carbonyl (C=O) groups is 1. The van der Waals surface area contributed by atoms with Crippen molar-refractivity contribution in [1.29, 1.82) is 0 Å². The molecule has 1 heterocycles. The van der Waals surface area contributed by atoms with Gasteiger partial charge in [-0.2, -0.15) is 0 Å². The predicted octanol–water partition coefficient (Wildman–Crippen LogP) is 2.75. The molecule has 1 aromatic carbocycles. The molecule has 1 aromatic heterocycles. The summed E-state index contributed by atoms with van der Waals surface area (Å²) in [6.45, 7) is 0.355. The number of hydrogen-bond acceptors (Lipinski definition) is 1. The van der Waals surface area contributed by atoms with Gasteiger partial charge in [-0.1, -0.05) is 6.07 Å². The van der Waals surface area contributed by atoms with Crippen molar-refractivity contribution < 1.29 is 13.6 Å². The summed E-state index contributed by atoms with van der Waals surface area (Å²) in [5.74, 6) is -1.35. The molecule has 1 aliphatic carbocycles. The Morgan fingerprint density at radius 1 is 1.30 bits per heavy atom. The number of H-pyrrole nitrogens is 1. The van der Waals surface area contributed by atoms with Crippen LogP contribution in [0.15, 0.2) is 36.5 Å². The first-order chi connectivity index (χ1) is 9.61. The third kappa shape index (κ3) is 2.31. The van der Waals surface area contributed by atoms with E-state index in [9.17, 15) is 13.6 Å². The highest BCUT2D eigenvalue weighted by Gasteiger charge is 2.46. The topological polar surface area (TPSA) is 44.9 Å². The quantitative estimate of drug-likeness (QED) is 0.886. The van der Waals surface area contributed by atoms with E-state index in [0.717, 1.165) is 18.9 Å². The van der Waals surface area contributed by atoms with Gasteiger partial charge in [-0.25, -0.2) is 8.78 Å². The van der Waals surface area contributed by atoms with Gasteiger partial charge in [0.25, 0.3) is 5.91 Å². The van der Waals surface area contributed by atoms with E-state index in [-0.39, 0.29) is 11.3 Å². The van der Waals surface area contributed by atoms with Gasteiger partial charge in [0.15, 0.2) is 0 Å². The van der Waals surface area contributed by atoms with Gasteiger partial charge in [-0.05, 0) is 36.6 Å². The minimum atomic E-state index is -0.586. The Morgan fingerprint density at radius 2 is 2.10 bits per heavy atom. The number of rotatable bonds is 4. The lowest BCUT2D eigenvalue weighted by molar-refractivity contribution is 0.0945. The zero-order chi connectivity index (χ0) is 14.2. The zero-order valence-corrected chi connectivity index (χ0v) is 10.7. The third-order valence-electron chi connectivity index (χ3n) is 3.79. The van der Waals surface area contributed by atoms with Gasteiger partial charge in [-0.3, -0.25) is 4.79 Å².